The van der Waals surface area contributed by atoms with E-state index in [2.05, 4.69) is 26.5 Å². The molecule has 0 saturated heterocycles. The summed E-state index contributed by atoms with van der Waals surface area (Å²) in [7, 11) is 0. The van der Waals surface area contributed by atoms with Crippen molar-refractivity contribution < 1.29 is 27.8 Å². The van der Waals surface area contributed by atoms with Gasteiger partial charge in [0.15, 0.2) is 5.60 Å². The van der Waals surface area contributed by atoms with Crippen LogP contribution in [0.3, 0.4) is 0 Å². The van der Waals surface area contributed by atoms with Gasteiger partial charge in [0.2, 0.25) is 0 Å². The fourth-order valence-corrected chi connectivity index (χ4v) is 2.34. The molecule has 1 heterocycles. The van der Waals surface area contributed by atoms with Crippen LogP contribution in [0.25, 0.3) is 0 Å². The topological polar surface area (TPSA) is 64.5 Å². The molecule has 5 nitrogen and oxygen atoms in total. The maximum absolute atomic E-state index is 12.4. The van der Waals surface area contributed by atoms with Crippen LogP contribution in [0, 0.1) is 11.8 Å². The quantitative estimate of drug-likeness (QED) is 0.822. The molecule has 138 valence electrons. The van der Waals surface area contributed by atoms with Crippen LogP contribution in [-0.2, 0) is 5.60 Å². The van der Waals surface area contributed by atoms with Gasteiger partial charge in [-0.3, -0.25) is 0 Å². The molecule has 1 unspecified atom stereocenters. The Balaban J connectivity index is 2.36. The molecule has 1 aromatic carbocycles. The van der Waals surface area contributed by atoms with Gasteiger partial charge in [-0.15, -0.1) is 19.1 Å². The summed E-state index contributed by atoms with van der Waals surface area (Å²) in [5.74, 6) is 4.95. The third-order valence-electron chi connectivity index (χ3n) is 3.57. The standard InChI is InChI=1S/C18H17F3N2O3/c1-4-8-17(24,13-10-22-12-23-11-13)16(2,3)25-14-6-5-7-15(9-14)26-18(19,20)21/h5-7,9-12,24H,1-3H3. The Morgan fingerprint density at radius 1 is 1.04 bits per heavy atom. The largest absolute Gasteiger partial charge is 0.573 e. The van der Waals surface area contributed by atoms with E-state index in [4.69, 9.17) is 4.74 Å². The monoisotopic (exact) mass is 366 g/mol. The number of hydrogen-bond donors (Lipinski definition) is 1. The highest BCUT2D eigenvalue weighted by Gasteiger charge is 2.47. The van der Waals surface area contributed by atoms with Gasteiger partial charge in [0.25, 0.3) is 0 Å². The smallest absolute Gasteiger partial charge is 0.483 e. The fraction of sp³-hybridized carbons (Fsp3) is 0.333. The minimum atomic E-state index is -4.82. The predicted octanol–water partition coefficient (Wildman–Crippen LogP) is 3.44. The molecule has 1 N–H and O–H groups in total. The lowest BCUT2D eigenvalue weighted by atomic mass is 9.81. The molecule has 0 aliphatic carbocycles. The highest BCUT2D eigenvalue weighted by Crippen LogP contribution is 2.37. The molecule has 1 aromatic heterocycles. The summed E-state index contributed by atoms with van der Waals surface area (Å²) in [6, 6.07) is 5.03. The third-order valence-corrected chi connectivity index (χ3v) is 3.57. The van der Waals surface area contributed by atoms with E-state index in [1.54, 1.807) is 20.8 Å². The third kappa shape index (κ3) is 4.43. The molecular weight excluding hydrogens is 349 g/mol. The van der Waals surface area contributed by atoms with Gasteiger partial charge in [0.1, 0.15) is 23.4 Å². The number of aliphatic hydroxyl groups is 1. The Hall–Kier alpha value is -2.79. The lowest BCUT2D eigenvalue weighted by Gasteiger charge is -2.39. The lowest BCUT2D eigenvalue weighted by Crippen LogP contribution is -2.51. The molecule has 26 heavy (non-hydrogen) atoms. The van der Waals surface area contributed by atoms with Gasteiger partial charge in [-0.25, -0.2) is 9.97 Å². The highest BCUT2D eigenvalue weighted by atomic mass is 19.4. The average molecular weight is 366 g/mol. The molecule has 0 amide bonds. The SMILES string of the molecule is CC#CC(O)(c1cncnc1)C(C)(C)Oc1cccc(OC(F)(F)F)c1. The first-order chi connectivity index (χ1) is 12.1. The number of aromatic nitrogens is 2. The Morgan fingerprint density at radius 2 is 1.62 bits per heavy atom. The zero-order valence-electron chi connectivity index (χ0n) is 14.3. The first-order valence-electron chi connectivity index (χ1n) is 7.54. The van der Waals surface area contributed by atoms with Crippen LogP contribution in [-0.4, -0.2) is 27.0 Å². The van der Waals surface area contributed by atoms with E-state index >= 15 is 0 Å². The van der Waals surface area contributed by atoms with Crippen molar-refractivity contribution in [1.29, 1.82) is 0 Å². The number of rotatable bonds is 5. The van der Waals surface area contributed by atoms with Crippen molar-refractivity contribution in [3.63, 3.8) is 0 Å². The lowest BCUT2D eigenvalue weighted by molar-refractivity contribution is -0.274. The van der Waals surface area contributed by atoms with E-state index in [1.807, 2.05) is 0 Å². The number of halogens is 3. The van der Waals surface area contributed by atoms with Gasteiger partial charge >= 0.3 is 6.36 Å². The molecule has 2 rings (SSSR count). The molecule has 8 heteroatoms. The van der Waals surface area contributed by atoms with Gasteiger partial charge in [-0.05, 0) is 32.9 Å². The maximum Gasteiger partial charge on any atom is 0.573 e. The molecule has 0 bridgehead atoms. The molecule has 0 radical (unpaired) electrons. The van der Waals surface area contributed by atoms with Crippen molar-refractivity contribution in [2.45, 2.75) is 38.3 Å². The normalized spacial score (nSPS) is 14.0. The predicted molar refractivity (Wildman–Crippen MR) is 87.2 cm³/mol. The van der Waals surface area contributed by atoms with E-state index in [9.17, 15) is 18.3 Å². The summed E-state index contributed by atoms with van der Waals surface area (Å²) >= 11 is 0. The Labute approximate surface area is 148 Å². The molecule has 0 spiro atoms. The molecule has 2 aromatic rings. The van der Waals surface area contributed by atoms with Gasteiger partial charge in [-0.2, -0.15) is 0 Å². The molecule has 0 saturated carbocycles. The van der Waals surface area contributed by atoms with E-state index in [1.165, 1.54) is 30.9 Å². The van der Waals surface area contributed by atoms with Crippen LogP contribution < -0.4 is 9.47 Å². The fourth-order valence-electron chi connectivity index (χ4n) is 2.34. The molecule has 0 aliphatic rings. The van der Waals surface area contributed by atoms with Crippen LogP contribution in [0.5, 0.6) is 11.5 Å². The summed E-state index contributed by atoms with van der Waals surface area (Å²) in [5.41, 5.74) is -2.86. The van der Waals surface area contributed by atoms with E-state index in [0.29, 0.717) is 5.56 Å². The van der Waals surface area contributed by atoms with Crippen LogP contribution in [0.15, 0.2) is 43.0 Å². The first kappa shape index (κ1) is 19.5. The minimum absolute atomic E-state index is 0.0740. The van der Waals surface area contributed by atoms with Crippen molar-refractivity contribution in [3.8, 4) is 23.3 Å². The van der Waals surface area contributed by atoms with Crippen molar-refractivity contribution in [2.24, 2.45) is 0 Å². The minimum Gasteiger partial charge on any atom is -0.483 e. The van der Waals surface area contributed by atoms with Crippen LogP contribution in [0.4, 0.5) is 13.2 Å². The van der Waals surface area contributed by atoms with E-state index < -0.39 is 23.3 Å². The molecule has 0 fully saturated rings. The van der Waals surface area contributed by atoms with Crippen molar-refractivity contribution in [1.82, 2.24) is 9.97 Å². The summed E-state index contributed by atoms with van der Waals surface area (Å²) in [6.45, 7) is 4.66. The number of hydrogen-bond acceptors (Lipinski definition) is 5. The highest BCUT2D eigenvalue weighted by molar-refractivity contribution is 5.37. The number of alkyl halides is 3. The van der Waals surface area contributed by atoms with Gasteiger partial charge in [-0.1, -0.05) is 12.0 Å². The van der Waals surface area contributed by atoms with Gasteiger partial charge in [0, 0.05) is 24.0 Å². The number of benzene rings is 1. The Bertz CT molecular complexity index is 814. The van der Waals surface area contributed by atoms with Crippen LogP contribution >= 0.6 is 0 Å². The van der Waals surface area contributed by atoms with Crippen LogP contribution in [0.1, 0.15) is 26.3 Å². The van der Waals surface area contributed by atoms with E-state index in [0.717, 1.165) is 12.1 Å². The molecule has 0 aliphatic heterocycles. The van der Waals surface area contributed by atoms with E-state index in [-0.39, 0.29) is 5.75 Å². The summed E-state index contributed by atoms with van der Waals surface area (Å²) < 4.78 is 46.8. The second-order valence-corrected chi connectivity index (χ2v) is 5.85. The number of nitrogens with zero attached hydrogens (tertiary/aromatic N) is 2. The zero-order valence-corrected chi connectivity index (χ0v) is 14.3. The van der Waals surface area contributed by atoms with Crippen molar-refractivity contribution in [2.75, 3.05) is 0 Å². The Morgan fingerprint density at radius 3 is 2.15 bits per heavy atom. The Kier molecular flexibility index (Phi) is 5.42. The summed E-state index contributed by atoms with van der Waals surface area (Å²) in [4.78, 5) is 7.74. The summed E-state index contributed by atoms with van der Waals surface area (Å²) in [5, 5.41) is 11.1. The maximum atomic E-state index is 12.4. The van der Waals surface area contributed by atoms with Crippen LogP contribution in [0.2, 0.25) is 0 Å². The first-order valence-corrected chi connectivity index (χ1v) is 7.54. The van der Waals surface area contributed by atoms with Gasteiger partial charge in [0.05, 0.1) is 0 Å². The number of ether oxygens (including phenoxy) is 2. The zero-order chi connectivity index (χ0) is 19.4. The van der Waals surface area contributed by atoms with Crippen molar-refractivity contribution in [3.05, 3.63) is 48.5 Å². The molecular formula is C18H17F3N2O3. The average Bonchev–Trinajstić information content (AvgIpc) is 2.54. The summed E-state index contributed by atoms with van der Waals surface area (Å²) in [6.07, 6.45) is -0.726. The molecule has 1 atom stereocenters. The second-order valence-electron chi connectivity index (χ2n) is 5.85. The van der Waals surface area contributed by atoms with Crippen molar-refractivity contribution >= 4 is 0 Å². The van der Waals surface area contributed by atoms with Gasteiger partial charge < -0.3 is 14.6 Å². The second kappa shape index (κ2) is 7.22.